The number of nitrogens with zero attached hydrogens (tertiary/aromatic N) is 2. The third kappa shape index (κ3) is 13.1. The number of unbranched alkanes of at least 4 members (excludes halogenated alkanes) is 1. The fourth-order valence-electron chi connectivity index (χ4n) is 3.19. The molecule has 0 aromatic rings. The zero-order valence-corrected chi connectivity index (χ0v) is 19.3. The summed E-state index contributed by atoms with van der Waals surface area (Å²) in [4.78, 5) is 7.21. The Bertz CT molecular complexity index is 350. The van der Waals surface area contributed by atoms with Crippen molar-refractivity contribution in [1.82, 2.24) is 15.5 Å². The molecule has 6 nitrogen and oxygen atoms in total. The molecule has 0 amide bonds. The summed E-state index contributed by atoms with van der Waals surface area (Å²) in [6.07, 6.45) is 4.30. The average Bonchev–Trinajstić information content (AvgIpc) is 2.59. The van der Waals surface area contributed by atoms with Gasteiger partial charge < -0.3 is 20.5 Å². The second-order valence-electron chi connectivity index (χ2n) is 7.32. The first-order valence-corrected chi connectivity index (χ1v) is 10.1. The van der Waals surface area contributed by atoms with Crippen molar-refractivity contribution >= 4 is 29.9 Å². The Labute approximate surface area is 177 Å². The number of ether oxygens (including phenoxy) is 1. The van der Waals surface area contributed by atoms with Gasteiger partial charge in [-0.1, -0.05) is 13.8 Å². The second kappa shape index (κ2) is 17.0. The van der Waals surface area contributed by atoms with E-state index in [-0.39, 0.29) is 30.6 Å². The number of aliphatic hydroxyl groups excluding tert-OH is 1. The molecule has 7 heteroatoms. The van der Waals surface area contributed by atoms with E-state index in [1.54, 1.807) is 0 Å². The predicted octanol–water partition coefficient (Wildman–Crippen LogP) is 2.32. The van der Waals surface area contributed by atoms with Crippen LogP contribution in [0.1, 0.15) is 46.5 Å². The molecule has 0 aliphatic carbocycles. The zero-order chi connectivity index (χ0) is 18.3. The Morgan fingerprint density at radius 2 is 1.92 bits per heavy atom. The lowest BCUT2D eigenvalue weighted by Gasteiger charge is -2.26. The Kier molecular flexibility index (Phi) is 16.9. The van der Waals surface area contributed by atoms with Crippen LogP contribution in [0.4, 0.5) is 0 Å². The lowest BCUT2D eigenvalue weighted by atomic mass is 9.94. The highest BCUT2D eigenvalue weighted by Gasteiger charge is 2.11. The molecule has 1 aliphatic rings. The van der Waals surface area contributed by atoms with E-state index in [2.05, 4.69) is 36.3 Å². The first-order chi connectivity index (χ1) is 12.2. The molecule has 0 aromatic carbocycles. The monoisotopic (exact) mass is 484 g/mol. The molecule has 1 fully saturated rings. The van der Waals surface area contributed by atoms with E-state index in [0.717, 1.165) is 77.7 Å². The van der Waals surface area contributed by atoms with Crippen LogP contribution in [0.5, 0.6) is 0 Å². The van der Waals surface area contributed by atoms with Crippen molar-refractivity contribution in [3.63, 3.8) is 0 Å². The van der Waals surface area contributed by atoms with E-state index < -0.39 is 0 Å². The van der Waals surface area contributed by atoms with Gasteiger partial charge in [-0.05, 0) is 51.0 Å². The molecule has 26 heavy (non-hydrogen) atoms. The number of aliphatic imine (C=N–C) groups is 1. The number of aliphatic hydroxyl groups is 1. The first-order valence-electron chi connectivity index (χ1n) is 10.1. The van der Waals surface area contributed by atoms with Gasteiger partial charge in [0.1, 0.15) is 0 Å². The summed E-state index contributed by atoms with van der Waals surface area (Å²) in [5.74, 6) is 2.00. The maximum absolute atomic E-state index is 9.23. The molecule has 1 saturated heterocycles. The first kappa shape index (κ1) is 25.9. The van der Waals surface area contributed by atoms with Crippen LogP contribution in [0.15, 0.2) is 4.99 Å². The quantitative estimate of drug-likeness (QED) is 0.172. The minimum atomic E-state index is 0. The summed E-state index contributed by atoms with van der Waals surface area (Å²) >= 11 is 0. The maximum atomic E-state index is 9.23. The van der Waals surface area contributed by atoms with Crippen LogP contribution in [0.3, 0.4) is 0 Å². The number of nitrogens with one attached hydrogen (secondary N) is 2. The summed E-state index contributed by atoms with van der Waals surface area (Å²) in [5.41, 5.74) is 0. The second-order valence-corrected chi connectivity index (χ2v) is 7.32. The molecule has 0 radical (unpaired) electrons. The van der Waals surface area contributed by atoms with Crippen molar-refractivity contribution < 1.29 is 9.84 Å². The van der Waals surface area contributed by atoms with Crippen molar-refractivity contribution in [2.45, 2.75) is 46.5 Å². The van der Waals surface area contributed by atoms with Gasteiger partial charge in [0.25, 0.3) is 0 Å². The van der Waals surface area contributed by atoms with E-state index in [1.807, 2.05) is 0 Å². The van der Waals surface area contributed by atoms with Crippen LogP contribution in [-0.2, 0) is 4.74 Å². The van der Waals surface area contributed by atoms with Crippen LogP contribution in [0.2, 0.25) is 0 Å². The van der Waals surface area contributed by atoms with Gasteiger partial charge in [-0.2, -0.15) is 0 Å². The van der Waals surface area contributed by atoms with Crippen LogP contribution >= 0.6 is 24.0 Å². The van der Waals surface area contributed by atoms with Crippen LogP contribution < -0.4 is 10.6 Å². The van der Waals surface area contributed by atoms with Crippen LogP contribution in [0, 0.1) is 11.8 Å². The summed E-state index contributed by atoms with van der Waals surface area (Å²) in [6.45, 7) is 14.4. The molecule has 0 aromatic heterocycles. The number of halogens is 1. The SMILES string of the molecule is CCNC(=NCC(CCO)CC(C)C)NCCCCN1CCOCC1.I. The molecule has 0 spiro atoms. The molecule has 1 rings (SSSR count). The van der Waals surface area contributed by atoms with Crippen molar-refractivity contribution in [3.8, 4) is 0 Å². The van der Waals surface area contributed by atoms with Crippen LogP contribution in [-0.4, -0.2) is 75.1 Å². The van der Waals surface area contributed by atoms with E-state index in [4.69, 9.17) is 9.73 Å². The van der Waals surface area contributed by atoms with Gasteiger partial charge in [0.15, 0.2) is 5.96 Å². The normalized spacial score (nSPS) is 17.0. The number of hydrogen-bond acceptors (Lipinski definition) is 4. The van der Waals surface area contributed by atoms with Crippen molar-refractivity contribution in [2.24, 2.45) is 16.8 Å². The van der Waals surface area contributed by atoms with Crippen LogP contribution in [0.25, 0.3) is 0 Å². The summed E-state index contributed by atoms with van der Waals surface area (Å²) < 4.78 is 5.38. The van der Waals surface area contributed by atoms with Gasteiger partial charge in [-0.25, -0.2) is 0 Å². The van der Waals surface area contributed by atoms with Gasteiger partial charge in [-0.3, -0.25) is 9.89 Å². The Balaban J connectivity index is 0.00000625. The van der Waals surface area contributed by atoms with Gasteiger partial charge >= 0.3 is 0 Å². The topological polar surface area (TPSA) is 69.1 Å². The molecule has 3 N–H and O–H groups in total. The minimum absolute atomic E-state index is 0. The molecular formula is C19H41IN4O2. The Morgan fingerprint density at radius 3 is 2.54 bits per heavy atom. The average molecular weight is 484 g/mol. The molecule has 0 bridgehead atoms. The standard InChI is InChI=1S/C19H40N4O2.HI/c1-4-20-19(22-16-18(7-12-24)15-17(2)3)21-8-5-6-9-23-10-13-25-14-11-23;/h17-18,24H,4-16H2,1-3H3,(H2,20,21,22);1H. The largest absolute Gasteiger partial charge is 0.396 e. The number of hydrogen-bond donors (Lipinski definition) is 3. The number of rotatable bonds is 12. The zero-order valence-electron chi connectivity index (χ0n) is 17.0. The molecule has 1 aliphatic heterocycles. The van der Waals surface area contributed by atoms with Crippen molar-refractivity contribution in [1.29, 1.82) is 0 Å². The van der Waals surface area contributed by atoms with Gasteiger partial charge in [-0.15, -0.1) is 24.0 Å². The Hall–Kier alpha value is -0.120. The lowest BCUT2D eigenvalue weighted by molar-refractivity contribution is 0.0372. The summed E-state index contributed by atoms with van der Waals surface area (Å²) in [7, 11) is 0. The molecular weight excluding hydrogens is 443 g/mol. The highest BCUT2D eigenvalue weighted by atomic mass is 127. The van der Waals surface area contributed by atoms with Gasteiger partial charge in [0, 0.05) is 39.3 Å². The molecule has 1 unspecified atom stereocenters. The van der Waals surface area contributed by atoms with E-state index in [1.165, 1.54) is 6.42 Å². The minimum Gasteiger partial charge on any atom is -0.396 e. The Morgan fingerprint density at radius 1 is 1.19 bits per heavy atom. The van der Waals surface area contributed by atoms with E-state index >= 15 is 0 Å². The summed E-state index contributed by atoms with van der Waals surface area (Å²) in [5, 5.41) is 16.0. The molecule has 1 heterocycles. The molecule has 156 valence electrons. The molecule has 0 saturated carbocycles. The maximum Gasteiger partial charge on any atom is 0.191 e. The van der Waals surface area contributed by atoms with Gasteiger partial charge in [0.05, 0.1) is 13.2 Å². The fourth-order valence-corrected chi connectivity index (χ4v) is 3.19. The lowest BCUT2D eigenvalue weighted by Crippen LogP contribution is -2.39. The predicted molar refractivity (Wildman–Crippen MR) is 121 cm³/mol. The fraction of sp³-hybridized carbons (Fsp3) is 0.947. The van der Waals surface area contributed by atoms with Crippen molar-refractivity contribution in [2.75, 3.05) is 59.1 Å². The summed E-state index contributed by atoms with van der Waals surface area (Å²) in [6, 6.07) is 0. The smallest absolute Gasteiger partial charge is 0.191 e. The van der Waals surface area contributed by atoms with E-state index in [9.17, 15) is 5.11 Å². The third-order valence-corrected chi connectivity index (χ3v) is 4.49. The highest BCUT2D eigenvalue weighted by Crippen LogP contribution is 2.15. The third-order valence-electron chi connectivity index (χ3n) is 4.49. The number of guanidine groups is 1. The number of morpholine rings is 1. The van der Waals surface area contributed by atoms with Gasteiger partial charge in [0.2, 0.25) is 0 Å². The van der Waals surface area contributed by atoms with Crippen molar-refractivity contribution in [3.05, 3.63) is 0 Å². The van der Waals surface area contributed by atoms with E-state index in [0.29, 0.717) is 11.8 Å². The molecule has 1 atom stereocenters. The highest BCUT2D eigenvalue weighted by molar-refractivity contribution is 14.0.